The summed E-state index contributed by atoms with van der Waals surface area (Å²) >= 11 is 5.00. The number of aromatic nitrogens is 4. The van der Waals surface area contributed by atoms with Crippen molar-refractivity contribution in [2.45, 2.75) is 58.9 Å². The molecule has 7 nitrogen and oxygen atoms in total. The van der Waals surface area contributed by atoms with E-state index >= 15 is 0 Å². The van der Waals surface area contributed by atoms with E-state index in [9.17, 15) is 14.5 Å². The lowest BCUT2D eigenvalue weighted by Crippen LogP contribution is -2.06. The molecular formula is C27H27BrFN5O2S. The van der Waals surface area contributed by atoms with Gasteiger partial charge in [0, 0.05) is 29.6 Å². The third-order valence-electron chi connectivity index (χ3n) is 6.75. The molecule has 0 N–H and O–H groups in total. The van der Waals surface area contributed by atoms with Crippen LogP contribution in [0.3, 0.4) is 0 Å². The highest BCUT2D eigenvalue weighted by Gasteiger charge is 2.25. The Labute approximate surface area is 227 Å². The van der Waals surface area contributed by atoms with Gasteiger partial charge in [-0.1, -0.05) is 6.92 Å². The average molecular weight is 585 g/mol. The molecule has 5 rings (SSSR count). The lowest BCUT2D eigenvalue weighted by molar-refractivity contribution is -0.390. The number of pyridine rings is 1. The lowest BCUT2D eigenvalue weighted by atomic mass is 9.88. The molecule has 1 atom stereocenters. The van der Waals surface area contributed by atoms with Crippen LogP contribution in [0.2, 0.25) is 0 Å². The number of hydrogen-bond donors (Lipinski definition) is 0. The third kappa shape index (κ3) is 5.80. The van der Waals surface area contributed by atoms with Crippen LogP contribution in [0.5, 0.6) is 0 Å². The van der Waals surface area contributed by atoms with Crippen LogP contribution >= 0.6 is 27.3 Å². The van der Waals surface area contributed by atoms with Gasteiger partial charge in [0.2, 0.25) is 0 Å². The highest BCUT2D eigenvalue weighted by atomic mass is 79.9. The van der Waals surface area contributed by atoms with Gasteiger partial charge in [-0.2, -0.15) is 5.10 Å². The van der Waals surface area contributed by atoms with E-state index < -0.39 is 4.92 Å². The molecule has 0 amide bonds. The van der Waals surface area contributed by atoms with E-state index in [1.54, 1.807) is 23.5 Å². The normalized spacial score (nSPS) is 14.2. The molecule has 1 saturated carbocycles. The zero-order chi connectivity index (χ0) is 26.3. The maximum Gasteiger partial charge on any atom is 0.366 e. The maximum absolute atomic E-state index is 14.5. The number of hydrogen-bond acceptors (Lipinski definition) is 6. The molecule has 37 heavy (non-hydrogen) atoms. The second-order valence-electron chi connectivity index (χ2n) is 9.82. The molecule has 0 unspecified atom stereocenters. The van der Waals surface area contributed by atoms with Crippen molar-refractivity contribution < 1.29 is 9.31 Å². The van der Waals surface area contributed by atoms with Gasteiger partial charge >= 0.3 is 5.82 Å². The fourth-order valence-electron chi connectivity index (χ4n) is 4.75. The lowest BCUT2D eigenvalue weighted by Gasteiger charge is -2.17. The van der Waals surface area contributed by atoms with Crippen molar-refractivity contribution in [2.24, 2.45) is 5.92 Å². The second kappa shape index (κ2) is 10.4. The third-order valence-corrected chi connectivity index (χ3v) is 8.16. The Morgan fingerprint density at radius 2 is 2.05 bits per heavy atom. The van der Waals surface area contributed by atoms with Gasteiger partial charge in [0.15, 0.2) is 6.20 Å². The number of rotatable bonds is 9. The summed E-state index contributed by atoms with van der Waals surface area (Å²) < 4.78 is 17.2. The summed E-state index contributed by atoms with van der Waals surface area (Å²) in [6.45, 7) is 6.93. The molecule has 1 fully saturated rings. The van der Waals surface area contributed by atoms with Crippen LogP contribution in [0.25, 0.3) is 11.3 Å². The van der Waals surface area contributed by atoms with Gasteiger partial charge in [-0.25, -0.2) is 9.37 Å². The number of benzene rings is 1. The molecule has 0 bridgehead atoms. The quantitative estimate of drug-likeness (QED) is 0.154. The smallest absolute Gasteiger partial charge is 0.358 e. The molecular weight excluding hydrogens is 557 g/mol. The summed E-state index contributed by atoms with van der Waals surface area (Å²) in [6, 6.07) is 6.46. The molecule has 0 spiro atoms. The van der Waals surface area contributed by atoms with Crippen LogP contribution in [0.4, 0.5) is 10.2 Å². The van der Waals surface area contributed by atoms with Crippen molar-refractivity contribution in [3.63, 3.8) is 0 Å². The summed E-state index contributed by atoms with van der Waals surface area (Å²) in [6.07, 6.45) is 7.14. The summed E-state index contributed by atoms with van der Waals surface area (Å²) in [5.41, 5.74) is 5.12. The summed E-state index contributed by atoms with van der Waals surface area (Å²) in [7, 11) is 0. The second-order valence-corrected chi connectivity index (χ2v) is 12.0. The van der Waals surface area contributed by atoms with Gasteiger partial charge in [-0.3, -0.25) is 4.68 Å². The predicted octanol–water partition coefficient (Wildman–Crippen LogP) is 7.18. The largest absolute Gasteiger partial charge is 0.366 e. The van der Waals surface area contributed by atoms with Crippen molar-refractivity contribution >= 4 is 33.1 Å². The zero-order valence-electron chi connectivity index (χ0n) is 20.9. The minimum absolute atomic E-state index is 0.183. The molecule has 3 aromatic heterocycles. The number of halogens is 2. The average Bonchev–Trinajstić information content (AvgIpc) is 3.48. The van der Waals surface area contributed by atoms with Gasteiger partial charge in [-0.05, 0) is 106 Å². The van der Waals surface area contributed by atoms with E-state index in [0.29, 0.717) is 22.9 Å². The summed E-state index contributed by atoms with van der Waals surface area (Å²) in [5.74, 6) is 0.00122. The monoisotopic (exact) mass is 583 g/mol. The number of nitro groups is 1. The predicted molar refractivity (Wildman–Crippen MR) is 145 cm³/mol. The van der Waals surface area contributed by atoms with Crippen LogP contribution in [-0.2, 0) is 19.4 Å². The van der Waals surface area contributed by atoms with E-state index in [0.717, 1.165) is 50.4 Å². The first-order chi connectivity index (χ1) is 17.7. The highest BCUT2D eigenvalue weighted by Crippen LogP contribution is 2.38. The van der Waals surface area contributed by atoms with Crippen molar-refractivity contribution in [1.29, 1.82) is 0 Å². The summed E-state index contributed by atoms with van der Waals surface area (Å²) in [4.78, 5) is 21.0. The molecule has 3 heterocycles. The molecule has 1 aromatic carbocycles. The minimum Gasteiger partial charge on any atom is -0.358 e. The highest BCUT2D eigenvalue weighted by molar-refractivity contribution is 9.10. The minimum atomic E-state index is -0.478. The van der Waals surface area contributed by atoms with Crippen molar-refractivity contribution in [1.82, 2.24) is 19.7 Å². The van der Waals surface area contributed by atoms with E-state index in [1.165, 1.54) is 31.2 Å². The number of aryl methyl sites for hydroxylation is 2. The summed E-state index contributed by atoms with van der Waals surface area (Å²) in [5, 5.41) is 17.2. The molecule has 1 aliphatic carbocycles. The Balaban J connectivity index is 1.49. The fraction of sp³-hybridized carbons (Fsp3) is 0.370. The van der Waals surface area contributed by atoms with E-state index in [4.69, 9.17) is 10.1 Å². The van der Waals surface area contributed by atoms with E-state index in [1.807, 2.05) is 20.8 Å². The first-order valence-electron chi connectivity index (χ1n) is 12.3. The molecule has 192 valence electrons. The SMILES string of the molecule is Cc1nc(-c2ccc(F)cc2[C@@H](C)Cc2cc(Br)cnc2[N+](=O)[O-])c(Cc2cn(CC3CC3)nc2C)s1. The van der Waals surface area contributed by atoms with Crippen LogP contribution in [0.15, 0.2) is 41.1 Å². The Morgan fingerprint density at radius 3 is 2.78 bits per heavy atom. The van der Waals surface area contributed by atoms with Crippen LogP contribution < -0.4 is 0 Å². The standard InChI is InChI=1S/C27H27BrFN5O2S/c1-15(8-19-9-21(28)12-30-27(19)34(35)36)24-11-22(29)6-7-23(24)26-25(37-17(3)31-26)10-20-14-33(32-16(20)2)13-18-4-5-18/h6-7,9,11-12,14-15,18H,4-5,8,10,13H2,1-3H3/t15-/m0/s1. The zero-order valence-corrected chi connectivity index (χ0v) is 23.3. The van der Waals surface area contributed by atoms with Gasteiger partial charge in [0.05, 0.1) is 26.4 Å². The first kappa shape index (κ1) is 25.7. The van der Waals surface area contributed by atoms with Gasteiger partial charge in [0.1, 0.15) is 5.82 Å². The Bertz CT molecular complexity index is 1480. The molecule has 4 aromatic rings. The van der Waals surface area contributed by atoms with Crippen molar-refractivity contribution in [2.75, 3.05) is 0 Å². The first-order valence-corrected chi connectivity index (χ1v) is 13.9. The fourth-order valence-corrected chi connectivity index (χ4v) is 6.10. The maximum atomic E-state index is 14.5. The van der Waals surface area contributed by atoms with E-state index in [-0.39, 0.29) is 17.6 Å². The van der Waals surface area contributed by atoms with Gasteiger partial charge in [0.25, 0.3) is 0 Å². The van der Waals surface area contributed by atoms with Crippen LogP contribution in [0.1, 0.15) is 58.0 Å². The molecule has 0 aliphatic heterocycles. The Hall–Kier alpha value is -2.98. The van der Waals surface area contributed by atoms with Gasteiger partial charge < -0.3 is 10.1 Å². The molecule has 0 radical (unpaired) electrons. The van der Waals surface area contributed by atoms with E-state index in [2.05, 4.69) is 31.8 Å². The molecule has 0 saturated heterocycles. The van der Waals surface area contributed by atoms with Crippen LogP contribution in [-0.4, -0.2) is 24.7 Å². The number of nitrogens with zero attached hydrogens (tertiary/aromatic N) is 5. The molecule has 1 aliphatic rings. The molecule has 10 heteroatoms. The van der Waals surface area contributed by atoms with Crippen molar-refractivity contribution in [3.05, 3.63) is 89.3 Å². The van der Waals surface area contributed by atoms with Crippen molar-refractivity contribution in [3.8, 4) is 11.3 Å². The van der Waals surface area contributed by atoms with Gasteiger partial charge in [-0.15, -0.1) is 11.3 Å². The number of thiazole rings is 1. The topological polar surface area (TPSA) is 86.7 Å². The Morgan fingerprint density at radius 1 is 1.27 bits per heavy atom. The Kier molecular flexibility index (Phi) is 7.22. The van der Waals surface area contributed by atoms with Crippen LogP contribution in [0, 0.1) is 35.7 Å².